The molecule has 7 heteroatoms. The second-order valence-electron chi connectivity index (χ2n) is 2.84. The van der Waals surface area contributed by atoms with Crippen LogP contribution >= 0.6 is 0 Å². The Bertz CT molecular complexity index is 509. The van der Waals surface area contributed by atoms with E-state index in [4.69, 9.17) is 15.2 Å². The van der Waals surface area contributed by atoms with Gasteiger partial charge in [0.25, 0.3) is 9.84 Å². The molecule has 16 heavy (non-hydrogen) atoms. The SMILES string of the molecule is COc1ccc(S(=O)(=O)C(N)=O)c(OC)c1. The van der Waals surface area contributed by atoms with Crippen LogP contribution in [0.15, 0.2) is 23.1 Å². The summed E-state index contributed by atoms with van der Waals surface area (Å²) in [6.45, 7) is 0. The van der Waals surface area contributed by atoms with Crippen LogP contribution in [0.25, 0.3) is 0 Å². The van der Waals surface area contributed by atoms with E-state index in [0.29, 0.717) is 5.75 Å². The van der Waals surface area contributed by atoms with Crippen molar-refractivity contribution in [3.05, 3.63) is 18.2 Å². The van der Waals surface area contributed by atoms with Gasteiger partial charge in [-0.25, -0.2) is 8.42 Å². The van der Waals surface area contributed by atoms with E-state index >= 15 is 0 Å². The molecule has 0 unspecified atom stereocenters. The second-order valence-corrected chi connectivity index (χ2v) is 4.69. The van der Waals surface area contributed by atoms with Crippen molar-refractivity contribution in [2.24, 2.45) is 5.73 Å². The van der Waals surface area contributed by atoms with Crippen LogP contribution in [0.5, 0.6) is 11.5 Å². The van der Waals surface area contributed by atoms with Crippen LogP contribution in [-0.2, 0) is 9.84 Å². The number of amides is 1. The molecule has 0 saturated carbocycles. The summed E-state index contributed by atoms with van der Waals surface area (Å²) in [5.74, 6) is 0.429. The van der Waals surface area contributed by atoms with Crippen molar-refractivity contribution in [2.75, 3.05) is 14.2 Å². The molecule has 0 aliphatic heterocycles. The van der Waals surface area contributed by atoms with Crippen molar-refractivity contribution in [2.45, 2.75) is 4.90 Å². The molecule has 1 aromatic carbocycles. The van der Waals surface area contributed by atoms with Crippen molar-refractivity contribution in [1.29, 1.82) is 0 Å². The number of rotatable bonds is 3. The summed E-state index contributed by atoms with van der Waals surface area (Å²) in [7, 11) is -1.47. The number of nitrogens with two attached hydrogens (primary N) is 1. The van der Waals surface area contributed by atoms with Crippen LogP contribution in [0.4, 0.5) is 4.79 Å². The molecule has 2 N–H and O–H groups in total. The van der Waals surface area contributed by atoms with Gasteiger partial charge in [0, 0.05) is 6.07 Å². The molecule has 0 heterocycles. The van der Waals surface area contributed by atoms with E-state index in [0.717, 1.165) is 0 Å². The zero-order chi connectivity index (χ0) is 12.3. The van der Waals surface area contributed by atoms with E-state index < -0.39 is 15.1 Å². The molecular weight excluding hydrogens is 234 g/mol. The minimum absolute atomic E-state index is 0.0122. The first-order valence-electron chi connectivity index (χ1n) is 4.20. The molecule has 0 atom stereocenters. The average Bonchev–Trinajstić information content (AvgIpc) is 2.27. The van der Waals surface area contributed by atoms with Crippen molar-refractivity contribution < 1.29 is 22.7 Å². The van der Waals surface area contributed by atoms with Gasteiger partial charge in [0.15, 0.2) is 0 Å². The molecular formula is C9H11NO5S. The van der Waals surface area contributed by atoms with Gasteiger partial charge < -0.3 is 15.2 Å². The minimum Gasteiger partial charge on any atom is -0.497 e. The normalized spacial score (nSPS) is 10.9. The lowest BCUT2D eigenvalue weighted by atomic mass is 10.3. The van der Waals surface area contributed by atoms with Gasteiger partial charge in [-0.15, -0.1) is 0 Å². The molecule has 0 fully saturated rings. The van der Waals surface area contributed by atoms with Crippen LogP contribution in [0, 0.1) is 0 Å². The number of primary amides is 1. The van der Waals surface area contributed by atoms with E-state index in [-0.39, 0.29) is 10.6 Å². The first-order valence-corrected chi connectivity index (χ1v) is 5.68. The summed E-state index contributed by atoms with van der Waals surface area (Å²) in [4.78, 5) is 10.5. The molecule has 1 aromatic rings. The van der Waals surface area contributed by atoms with E-state index in [1.165, 1.54) is 32.4 Å². The Hall–Kier alpha value is -1.76. The van der Waals surface area contributed by atoms with Crippen LogP contribution in [-0.4, -0.2) is 27.9 Å². The summed E-state index contributed by atoms with van der Waals surface area (Å²) in [5, 5.41) is -1.42. The fourth-order valence-electron chi connectivity index (χ4n) is 1.11. The lowest BCUT2D eigenvalue weighted by molar-refractivity contribution is 0.265. The highest BCUT2D eigenvalue weighted by Gasteiger charge is 2.25. The highest BCUT2D eigenvalue weighted by Crippen LogP contribution is 2.28. The summed E-state index contributed by atoms with van der Waals surface area (Å²) in [6.07, 6.45) is 0. The Morgan fingerprint density at radius 1 is 1.25 bits per heavy atom. The second kappa shape index (κ2) is 4.40. The molecule has 0 bridgehead atoms. The number of carbonyl (C=O) groups is 1. The first kappa shape index (κ1) is 12.3. The standard InChI is InChI=1S/C9H11NO5S/c1-14-6-3-4-8(7(5-6)15-2)16(12,13)9(10)11/h3-5H,1-2H3,(H2,10,11). The number of methoxy groups -OCH3 is 2. The summed E-state index contributed by atoms with van der Waals surface area (Å²) >= 11 is 0. The van der Waals surface area contributed by atoms with Gasteiger partial charge in [0.2, 0.25) is 0 Å². The molecule has 0 saturated heterocycles. The number of sulfone groups is 1. The Labute approximate surface area is 92.9 Å². The van der Waals surface area contributed by atoms with E-state index in [2.05, 4.69) is 0 Å². The lowest BCUT2D eigenvalue weighted by Gasteiger charge is -2.08. The predicted octanol–water partition coefficient (Wildman–Crippen LogP) is 0.556. The largest absolute Gasteiger partial charge is 0.497 e. The fourth-order valence-corrected chi connectivity index (χ4v) is 1.98. The van der Waals surface area contributed by atoms with Gasteiger partial charge in [0.05, 0.1) is 14.2 Å². The average molecular weight is 245 g/mol. The predicted molar refractivity (Wildman–Crippen MR) is 56.3 cm³/mol. The van der Waals surface area contributed by atoms with E-state index in [1.807, 2.05) is 0 Å². The minimum atomic E-state index is -4.19. The number of hydrogen-bond donors (Lipinski definition) is 1. The third-order valence-corrected chi connectivity index (χ3v) is 3.37. The quantitative estimate of drug-likeness (QED) is 0.839. The number of ether oxygens (including phenoxy) is 2. The summed E-state index contributed by atoms with van der Waals surface area (Å²) < 4.78 is 32.8. The summed E-state index contributed by atoms with van der Waals surface area (Å²) in [5.41, 5.74) is 4.78. The molecule has 1 amide bonds. The molecule has 0 spiro atoms. The molecule has 0 radical (unpaired) electrons. The van der Waals surface area contributed by atoms with Crippen LogP contribution in [0.2, 0.25) is 0 Å². The molecule has 0 aromatic heterocycles. The topological polar surface area (TPSA) is 95.7 Å². The molecule has 88 valence electrons. The number of benzene rings is 1. The zero-order valence-corrected chi connectivity index (χ0v) is 9.58. The Kier molecular flexibility index (Phi) is 3.38. The maximum Gasteiger partial charge on any atom is 0.338 e. The molecule has 1 rings (SSSR count). The van der Waals surface area contributed by atoms with Gasteiger partial charge in [-0.3, -0.25) is 4.79 Å². The number of hydrogen-bond acceptors (Lipinski definition) is 5. The van der Waals surface area contributed by atoms with E-state index in [1.54, 1.807) is 0 Å². The fraction of sp³-hybridized carbons (Fsp3) is 0.222. The molecule has 6 nitrogen and oxygen atoms in total. The number of carbonyl (C=O) groups excluding carboxylic acids is 1. The van der Waals surface area contributed by atoms with Crippen LogP contribution in [0.1, 0.15) is 0 Å². The summed E-state index contributed by atoms with van der Waals surface area (Å²) in [6, 6.07) is 3.96. The van der Waals surface area contributed by atoms with Crippen molar-refractivity contribution >= 4 is 15.1 Å². The highest BCUT2D eigenvalue weighted by molar-refractivity contribution is 8.06. The Morgan fingerprint density at radius 3 is 2.31 bits per heavy atom. The zero-order valence-electron chi connectivity index (χ0n) is 8.76. The first-order chi connectivity index (χ1) is 7.43. The van der Waals surface area contributed by atoms with Gasteiger partial charge in [-0.1, -0.05) is 0 Å². The maximum atomic E-state index is 11.5. The van der Waals surface area contributed by atoms with Gasteiger partial charge in [-0.05, 0) is 12.1 Å². The Morgan fingerprint density at radius 2 is 1.88 bits per heavy atom. The van der Waals surface area contributed by atoms with Gasteiger partial charge >= 0.3 is 5.24 Å². The third-order valence-electron chi connectivity index (χ3n) is 1.93. The molecule has 0 aliphatic carbocycles. The monoisotopic (exact) mass is 245 g/mol. The van der Waals surface area contributed by atoms with Crippen LogP contribution in [0.3, 0.4) is 0 Å². The highest BCUT2D eigenvalue weighted by atomic mass is 32.2. The Balaban J connectivity index is 3.41. The third kappa shape index (κ3) is 2.08. The van der Waals surface area contributed by atoms with Crippen molar-refractivity contribution in [1.82, 2.24) is 0 Å². The lowest BCUT2D eigenvalue weighted by Crippen LogP contribution is -2.22. The smallest absolute Gasteiger partial charge is 0.338 e. The van der Waals surface area contributed by atoms with Crippen molar-refractivity contribution in [3.63, 3.8) is 0 Å². The van der Waals surface area contributed by atoms with Gasteiger partial charge in [0.1, 0.15) is 16.4 Å². The van der Waals surface area contributed by atoms with Crippen LogP contribution < -0.4 is 15.2 Å². The van der Waals surface area contributed by atoms with E-state index in [9.17, 15) is 13.2 Å². The van der Waals surface area contributed by atoms with Crippen molar-refractivity contribution in [3.8, 4) is 11.5 Å². The van der Waals surface area contributed by atoms with Gasteiger partial charge in [-0.2, -0.15) is 0 Å². The maximum absolute atomic E-state index is 11.5. The molecule has 0 aliphatic rings.